The molecule has 17 heavy (non-hydrogen) atoms. The van der Waals surface area contributed by atoms with E-state index >= 15 is 0 Å². The Morgan fingerprint density at radius 2 is 2.35 bits per heavy atom. The molecule has 4 heteroatoms. The molecule has 1 atom stereocenters. The minimum Gasteiger partial charge on any atom is -0.366 e. The number of nitrogens with one attached hydrogen (secondary N) is 1. The molecule has 0 spiro atoms. The zero-order valence-corrected chi connectivity index (χ0v) is 11.5. The Morgan fingerprint density at radius 3 is 3.00 bits per heavy atom. The van der Waals surface area contributed by atoms with Gasteiger partial charge in [0, 0.05) is 16.7 Å². The van der Waals surface area contributed by atoms with Gasteiger partial charge in [-0.15, -0.1) is 0 Å². The first-order valence-electron chi connectivity index (χ1n) is 5.77. The second-order valence-corrected chi connectivity index (χ2v) is 5.59. The molecule has 1 heterocycles. The SMILES string of the molecule is CN1CCCC(C#N)(Nc2cccc(Br)c2)C1. The fraction of sp³-hybridized carbons (Fsp3) is 0.462. The summed E-state index contributed by atoms with van der Waals surface area (Å²) in [6, 6.07) is 10.4. The van der Waals surface area contributed by atoms with Crippen molar-refractivity contribution < 1.29 is 0 Å². The predicted molar refractivity (Wildman–Crippen MR) is 72.8 cm³/mol. The standard InChI is InChI=1S/C13H16BrN3/c1-17-7-3-6-13(9-15,10-17)16-12-5-2-4-11(14)8-12/h2,4-5,8,16H,3,6-7,10H2,1H3. The Kier molecular flexibility index (Phi) is 3.70. The molecule has 0 bridgehead atoms. The summed E-state index contributed by atoms with van der Waals surface area (Å²) in [4.78, 5) is 2.21. The Labute approximate surface area is 111 Å². The van der Waals surface area contributed by atoms with E-state index in [1.165, 1.54) is 0 Å². The number of halogens is 1. The molecule has 0 saturated carbocycles. The fourth-order valence-corrected chi connectivity index (χ4v) is 2.73. The van der Waals surface area contributed by atoms with Gasteiger partial charge in [0.1, 0.15) is 5.54 Å². The summed E-state index contributed by atoms with van der Waals surface area (Å²) >= 11 is 3.45. The third-order valence-electron chi connectivity index (χ3n) is 3.11. The molecule has 0 aliphatic carbocycles. The molecule has 1 aliphatic heterocycles. The van der Waals surface area contributed by atoms with E-state index in [0.29, 0.717) is 0 Å². The Bertz CT molecular complexity index is 441. The van der Waals surface area contributed by atoms with Gasteiger partial charge in [0.15, 0.2) is 0 Å². The van der Waals surface area contributed by atoms with Crippen LogP contribution in [0.25, 0.3) is 0 Å². The van der Waals surface area contributed by atoms with Crippen molar-refractivity contribution in [2.45, 2.75) is 18.4 Å². The van der Waals surface area contributed by atoms with Gasteiger partial charge in [0.05, 0.1) is 6.07 Å². The zero-order chi connectivity index (χ0) is 12.3. The van der Waals surface area contributed by atoms with Gasteiger partial charge in [0.2, 0.25) is 0 Å². The number of hydrogen-bond donors (Lipinski definition) is 1. The molecule has 1 aromatic carbocycles. The molecule has 2 rings (SSSR count). The van der Waals surface area contributed by atoms with E-state index in [9.17, 15) is 5.26 Å². The predicted octanol–water partition coefficient (Wildman–Crippen LogP) is 2.85. The molecule has 0 radical (unpaired) electrons. The molecular weight excluding hydrogens is 278 g/mol. The van der Waals surface area contributed by atoms with E-state index < -0.39 is 5.54 Å². The first kappa shape index (κ1) is 12.4. The highest BCUT2D eigenvalue weighted by atomic mass is 79.9. The Morgan fingerprint density at radius 1 is 1.53 bits per heavy atom. The maximum absolute atomic E-state index is 9.44. The van der Waals surface area contributed by atoms with Crippen LogP contribution in [0.15, 0.2) is 28.7 Å². The lowest BCUT2D eigenvalue weighted by atomic mass is 9.90. The number of likely N-dealkylation sites (N-methyl/N-ethyl adjacent to an activating group) is 1. The first-order valence-corrected chi connectivity index (χ1v) is 6.56. The Hall–Kier alpha value is -1.05. The minimum absolute atomic E-state index is 0.451. The molecule has 0 amide bonds. The van der Waals surface area contributed by atoms with Crippen LogP contribution in [0.1, 0.15) is 12.8 Å². The van der Waals surface area contributed by atoms with Crippen molar-refractivity contribution in [1.82, 2.24) is 4.90 Å². The van der Waals surface area contributed by atoms with Gasteiger partial charge in [0.25, 0.3) is 0 Å². The van der Waals surface area contributed by atoms with Crippen molar-refractivity contribution >= 4 is 21.6 Å². The van der Waals surface area contributed by atoms with Gasteiger partial charge in [-0.25, -0.2) is 0 Å². The molecule has 1 saturated heterocycles. The number of anilines is 1. The van der Waals surface area contributed by atoms with Gasteiger partial charge in [-0.3, -0.25) is 0 Å². The molecule has 1 unspecified atom stereocenters. The van der Waals surface area contributed by atoms with Crippen LogP contribution in [0.4, 0.5) is 5.69 Å². The van der Waals surface area contributed by atoms with Crippen molar-refractivity contribution in [3.05, 3.63) is 28.7 Å². The normalized spacial score (nSPS) is 25.2. The van der Waals surface area contributed by atoms with E-state index in [1.807, 2.05) is 24.3 Å². The topological polar surface area (TPSA) is 39.1 Å². The van der Waals surface area contributed by atoms with Gasteiger partial charge >= 0.3 is 0 Å². The van der Waals surface area contributed by atoms with Crippen LogP contribution in [0, 0.1) is 11.3 Å². The summed E-state index contributed by atoms with van der Waals surface area (Å²) in [5.41, 5.74) is 0.546. The lowest BCUT2D eigenvalue weighted by Crippen LogP contribution is -2.50. The van der Waals surface area contributed by atoms with Crippen LogP contribution >= 0.6 is 15.9 Å². The molecular formula is C13H16BrN3. The molecule has 1 aromatic rings. The second kappa shape index (κ2) is 5.07. The van der Waals surface area contributed by atoms with E-state index in [-0.39, 0.29) is 0 Å². The number of likely N-dealkylation sites (tertiary alicyclic amines) is 1. The van der Waals surface area contributed by atoms with Crippen molar-refractivity contribution in [3.8, 4) is 6.07 Å². The average molecular weight is 294 g/mol. The second-order valence-electron chi connectivity index (χ2n) is 4.67. The summed E-state index contributed by atoms with van der Waals surface area (Å²) in [6.07, 6.45) is 1.96. The highest BCUT2D eigenvalue weighted by molar-refractivity contribution is 9.10. The zero-order valence-electron chi connectivity index (χ0n) is 9.91. The van der Waals surface area contributed by atoms with Crippen molar-refractivity contribution in [3.63, 3.8) is 0 Å². The van der Waals surface area contributed by atoms with Gasteiger partial charge < -0.3 is 10.2 Å². The van der Waals surface area contributed by atoms with E-state index in [4.69, 9.17) is 0 Å². The summed E-state index contributed by atoms with van der Waals surface area (Å²) in [5, 5.41) is 12.8. The maximum Gasteiger partial charge on any atom is 0.138 e. The molecule has 0 aromatic heterocycles. The number of hydrogen-bond acceptors (Lipinski definition) is 3. The third kappa shape index (κ3) is 2.99. The lowest BCUT2D eigenvalue weighted by molar-refractivity contribution is 0.227. The quantitative estimate of drug-likeness (QED) is 0.911. The molecule has 1 fully saturated rings. The van der Waals surface area contributed by atoms with E-state index in [1.54, 1.807) is 0 Å². The summed E-state index contributed by atoms with van der Waals surface area (Å²) < 4.78 is 1.03. The monoisotopic (exact) mass is 293 g/mol. The summed E-state index contributed by atoms with van der Waals surface area (Å²) in [5.74, 6) is 0. The van der Waals surface area contributed by atoms with Crippen LogP contribution < -0.4 is 5.32 Å². The van der Waals surface area contributed by atoms with E-state index in [0.717, 1.165) is 36.1 Å². The lowest BCUT2D eigenvalue weighted by Gasteiger charge is -2.37. The van der Waals surface area contributed by atoms with Crippen LogP contribution in [0.3, 0.4) is 0 Å². The number of nitrogens with zero attached hydrogens (tertiary/aromatic N) is 2. The molecule has 1 N–H and O–H groups in total. The maximum atomic E-state index is 9.44. The number of rotatable bonds is 2. The average Bonchev–Trinajstić information content (AvgIpc) is 2.29. The van der Waals surface area contributed by atoms with Crippen molar-refractivity contribution in [2.24, 2.45) is 0 Å². The fourth-order valence-electron chi connectivity index (χ4n) is 2.33. The number of nitriles is 1. The van der Waals surface area contributed by atoms with Gasteiger partial charge in [-0.05, 0) is 44.6 Å². The van der Waals surface area contributed by atoms with Crippen LogP contribution in [0.2, 0.25) is 0 Å². The smallest absolute Gasteiger partial charge is 0.138 e. The van der Waals surface area contributed by atoms with Gasteiger partial charge in [-0.2, -0.15) is 5.26 Å². The van der Waals surface area contributed by atoms with Crippen LogP contribution in [0.5, 0.6) is 0 Å². The van der Waals surface area contributed by atoms with E-state index in [2.05, 4.69) is 39.3 Å². The minimum atomic E-state index is -0.451. The third-order valence-corrected chi connectivity index (χ3v) is 3.60. The highest BCUT2D eigenvalue weighted by Crippen LogP contribution is 2.26. The van der Waals surface area contributed by atoms with Crippen LogP contribution in [-0.4, -0.2) is 30.6 Å². The first-order chi connectivity index (χ1) is 8.13. The molecule has 1 aliphatic rings. The van der Waals surface area contributed by atoms with Crippen LogP contribution in [-0.2, 0) is 0 Å². The summed E-state index contributed by atoms with van der Waals surface area (Å²) in [6.45, 7) is 1.85. The largest absolute Gasteiger partial charge is 0.366 e. The van der Waals surface area contributed by atoms with Crippen molar-refractivity contribution in [1.29, 1.82) is 5.26 Å². The summed E-state index contributed by atoms with van der Waals surface area (Å²) in [7, 11) is 2.06. The number of benzene rings is 1. The van der Waals surface area contributed by atoms with Crippen molar-refractivity contribution in [2.75, 3.05) is 25.5 Å². The number of piperidine rings is 1. The molecule has 3 nitrogen and oxygen atoms in total. The highest BCUT2D eigenvalue weighted by Gasteiger charge is 2.34. The van der Waals surface area contributed by atoms with Gasteiger partial charge in [-0.1, -0.05) is 22.0 Å². The molecule has 90 valence electrons. The Balaban J connectivity index is 2.17.